The van der Waals surface area contributed by atoms with Crippen LogP contribution in [0.3, 0.4) is 0 Å². The molecule has 0 radical (unpaired) electrons. The molecule has 1 saturated heterocycles. The molecule has 2 aromatic heterocycles. The van der Waals surface area contributed by atoms with Crippen LogP contribution in [0.25, 0.3) is 22.6 Å². The van der Waals surface area contributed by atoms with Crippen molar-refractivity contribution >= 4 is 28.3 Å². The first-order chi connectivity index (χ1) is 15.7. The smallest absolute Gasteiger partial charge is 0.243 e. The zero-order valence-electron chi connectivity index (χ0n) is 18.0. The fourth-order valence-corrected chi connectivity index (χ4v) is 5.00. The Balaban J connectivity index is 1.50. The molecular weight excluding hydrogens is 424 g/mol. The van der Waals surface area contributed by atoms with Gasteiger partial charge in [0.1, 0.15) is 23.7 Å². The van der Waals surface area contributed by atoms with Crippen molar-refractivity contribution in [3.05, 3.63) is 58.9 Å². The van der Waals surface area contributed by atoms with Crippen molar-refractivity contribution in [2.24, 2.45) is 0 Å². The van der Waals surface area contributed by atoms with Gasteiger partial charge in [-0.15, -0.1) is 11.3 Å². The fourth-order valence-electron chi connectivity index (χ4n) is 4.47. The summed E-state index contributed by atoms with van der Waals surface area (Å²) in [6.07, 6.45) is 1.83. The molecule has 7 nitrogen and oxygen atoms in total. The quantitative estimate of drug-likeness (QED) is 0.433. The first-order valence-corrected chi connectivity index (χ1v) is 11.5. The molecule has 1 fully saturated rings. The Morgan fingerprint density at radius 1 is 1.19 bits per heavy atom. The standard InChI is InChI=1S/C24H24N4O3S/c1-30-16-9-10-22(31-2)17(12-16)20-8-5-11-27(20)23(29)13-28-21-7-4-3-6-18(21)26-24(28)19-14-32-15-25-19/h3-4,6-7,9-10,12,14-15,20H,5,8,11,13H2,1-2H3/t20-/m0/s1. The molecule has 0 spiro atoms. The summed E-state index contributed by atoms with van der Waals surface area (Å²) < 4.78 is 13.0. The van der Waals surface area contributed by atoms with E-state index in [0.717, 1.165) is 52.5 Å². The van der Waals surface area contributed by atoms with Crippen LogP contribution in [-0.4, -0.2) is 46.1 Å². The topological polar surface area (TPSA) is 69.5 Å². The number of hydrogen-bond donors (Lipinski definition) is 0. The molecule has 1 atom stereocenters. The average Bonchev–Trinajstić information content (AvgIpc) is 3.58. The van der Waals surface area contributed by atoms with Crippen LogP contribution in [0.1, 0.15) is 24.4 Å². The molecule has 5 rings (SSSR count). The number of rotatable bonds is 6. The molecule has 164 valence electrons. The third-order valence-corrected chi connectivity index (χ3v) is 6.56. The number of para-hydroxylation sites is 2. The molecule has 0 N–H and O–H groups in total. The van der Waals surface area contributed by atoms with Crippen molar-refractivity contribution in [1.82, 2.24) is 19.4 Å². The van der Waals surface area contributed by atoms with Crippen LogP contribution < -0.4 is 9.47 Å². The number of aromatic nitrogens is 3. The van der Waals surface area contributed by atoms with Gasteiger partial charge in [-0.05, 0) is 43.2 Å². The molecule has 1 aliphatic rings. The highest BCUT2D eigenvalue weighted by Crippen LogP contribution is 2.39. The van der Waals surface area contributed by atoms with Gasteiger partial charge in [-0.25, -0.2) is 9.97 Å². The third-order valence-electron chi connectivity index (χ3n) is 5.98. The van der Waals surface area contributed by atoms with E-state index in [9.17, 15) is 4.79 Å². The summed E-state index contributed by atoms with van der Waals surface area (Å²) in [6.45, 7) is 0.915. The van der Waals surface area contributed by atoms with Crippen molar-refractivity contribution in [3.8, 4) is 23.0 Å². The second-order valence-corrected chi connectivity index (χ2v) is 8.46. The highest BCUT2D eigenvalue weighted by Gasteiger charge is 2.33. The number of nitrogens with zero attached hydrogens (tertiary/aromatic N) is 4. The van der Waals surface area contributed by atoms with Crippen molar-refractivity contribution in [3.63, 3.8) is 0 Å². The Morgan fingerprint density at radius 3 is 2.84 bits per heavy atom. The number of thiazole rings is 1. The maximum Gasteiger partial charge on any atom is 0.243 e. The molecule has 1 aliphatic heterocycles. The van der Waals surface area contributed by atoms with E-state index in [-0.39, 0.29) is 18.5 Å². The molecular formula is C24H24N4O3S. The Hall–Kier alpha value is -3.39. The Kier molecular flexibility index (Phi) is 5.53. The van der Waals surface area contributed by atoms with E-state index >= 15 is 0 Å². The lowest BCUT2D eigenvalue weighted by Crippen LogP contribution is -2.33. The van der Waals surface area contributed by atoms with Gasteiger partial charge in [0.2, 0.25) is 5.91 Å². The van der Waals surface area contributed by atoms with Crippen LogP contribution in [0.15, 0.2) is 53.4 Å². The van der Waals surface area contributed by atoms with E-state index in [0.29, 0.717) is 6.54 Å². The maximum absolute atomic E-state index is 13.6. The zero-order valence-corrected chi connectivity index (χ0v) is 18.8. The molecule has 0 bridgehead atoms. The van der Waals surface area contributed by atoms with E-state index in [2.05, 4.69) is 4.98 Å². The van der Waals surface area contributed by atoms with Gasteiger partial charge in [0, 0.05) is 17.5 Å². The number of carbonyl (C=O) groups excluding carboxylic acids is 1. The van der Waals surface area contributed by atoms with Gasteiger partial charge >= 0.3 is 0 Å². The Bertz CT molecular complexity index is 1250. The number of likely N-dealkylation sites (tertiary alicyclic amines) is 1. The lowest BCUT2D eigenvalue weighted by Gasteiger charge is -2.27. The van der Waals surface area contributed by atoms with Gasteiger partial charge in [0.25, 0.3) is 0 Å². The summed E-state index contributed by atoms with van der Waals surface area (Å²) >= 11 is 1.52. The summed E-state index contributed by atoms with van der Waals surface area (Å²) in [4.78, 5) is 24.8. The van der Waals surface area contributed by atoms with E-state index in [1.165, 1.54) is 11.3 Å². The molecule has 0 unspecified atom stereocenters. The third kappa shape index (κ3) is 3.60. The molecule has 1 amide bonds. The predicted octanol–water partition coefficient (Wildman–Crippen LogP) is 4.54. The van der Waals surface area contributed by atoms with Gasteiger partial charge in [0.15, 0.2) is 5.82 Å². The Labute approximate surface area is 190 Å². The van der Waals surface area contributed by atoms with Crippen LogP contribution in [0, 0.1) is 0 Å². The monoisotopic (exact) mass is 448 g/mol. The molecule has 0 aliphatic carbocycles. The molecule has 4 aromatic rings. The number of hydrogen-bond acceptors (Lipinski definition) is 6. The van der Waals surface area contributed by atoms with Crippen LogP contribution in [0.4, 0.5) is 0 Å². The minimum Gasteiger partial charge on any atom is -0.497 e. The predicted molar refractivity (Wildman–Crippen MR) is 124 cm³/mol. The highest BCUT2D eigenvalue weighted by atomic mass is 32.1. The fraction of sp³-hybridized carbons (Fsp3) is 0.292. The van der Waals surface area contributed by atoms with Crippen LogP contribution in [0.5, 0.6) is 11.5 Å². The normalized spacial score (nSPS) is 15.9. The number of ether oxygens (including phenoxy) is 2. The number of imidazole rings is 1. The van der Waals surface area contributed by atoms with Crippen LogP contribution >= 0.6 is 11.3 Å². The lowest BCUT2D eigenvalue weighted by atomic mass is 10.0. The summed E-state index contributed by atoms with van der Waals surface area (Å²) in [5.41, 5.74) is 5.33. The average molecular weight is 449 g/mol. The van der Waals surface area contributed by atoms with Crippen molar-refractivity contribution in [1.29, 1.82) is 0 Å². The summed E-state index contributed by atoms with van der Waals surface area (Å²) in [5.74, 6) is 2.30. The van der Waals surface area contributed by atoms with Gasteiger partial charge in [-0.1, -0.05) is 12.1 Å². The SMILES string of the molecule is COc1ccc(OC)c([C@@H]2CCCN2C(=O)Cn2c(-c3cscn3)nc3ccccc32)c1. The largest absolute Gasteiger partial charge is 0.497 e. The van der Waals surface area contributed by atoms with E-state index in [1.807, 2.05) is 57.3 Å². The number of methoxy groups -OCH3 is 2. The second-order valence-electron chi connectivity index (χ2n) is 7.74. The molecule has 2 aromatic carbocycles. The van der Waals surface area contributed by atoms with E-state index in [1.54, 1.807) is 19.7 Å². The van der Waals surface area contributed by atoms with Crippen LogP contribution in [-0.2, 0) is 11.3 Å². The van der Waals surface area contributed by atoms with Crippen molar-refractivity contribution in [2.75, 3.05) is 20.8 Å². The number of carbonyl (C=O) groups is 1. The summed E-state index contributed by atoms with van der Waals surface area (Å²) in [6, 6.07) is 13.6. The maximum atomic E-state index is 13.6. The lowest BCUT2D eigenvalue weighted by molar-refractivity contribution is -0.132. The van der Waals surface area contributed by atoms with Crippen LogP contribution in [0.2, 0.25) is 0 Å². The number of benzene rings is 2. The van der Waals surface area contributed by atoms with Crippen molar-refractivity contribution < 1.29 is 14.3 Å². The first kappa shape index (κ1) is 20.5. The van der Waals surface area contributed by atoms with E-state index < -0.39 is 0 Å². The van der Waals surface area contributed by atoms with Gasteiger partial charge < -0.3 is 18.9 Å². The number of amides is 1. The molecule has 3 heterocycles. The minimum absolute atomic E-state index is 0.0509. The summed E-state index contributed by atoms with van der Waals surface area (Å²) in [5, 5.41) is 1.96. The molecule has 32 heavy (non-hydrogen) atoms. The van der Waals surface area contributed by atoms with E-state index in [4.69, 9.17) is 14.5 Å². The van der Waals surface area contributed by atoms with Gasteiger partial charge in [-0.3, -0.25) is 4.79 Å². The Morgan fingerprint density at radius 2 is 2.06 bits per heavy atom. The molecule has 8 heteroatoms. The molecule has 0 saturated carbocycles. The minimum atomic E-state index is -0.0509. The first-order valence-electron chi connectivity index (χ1n) is 10.5. The highest BCUT2D eigenvalue weighted by molar-refractivity contribution is 7.07. The van der Waals surface area contributed by atoms with Gasteiger partial charge in [-0.2, -0.15) is 0 Å². The number of fused-ring (bicyclic) bond motifs is 1. The van der Waals surface area contributed by atoms with Gasteiger partial charge in [0.05, 0.1) is 36.8 Å². The van der Waals surface area contributed by atoms with Crippen molar-refractivity contribution in [2.45, 2.75) is 25.4 Å². The second kappa shape index (κ2) is 8.63. The zero-order chi connectivity index (χ0) is 22.1. The summed E-state index contributed by atoms with van der Waals surface area (Å²) in [7, 11) is 3.30.